The summed E-state index contributed by atoms with van der Waals surface area (Å²) < 4.78 is 0. The topological polar surface area (TPSA) is 31.4 Å². The molecule has 2 aliphatic rings. The van der Waals surface area contributed by atoms with Crippen molar-refractivity contribution < 1.29 is 0 Å². The molecule has 3 aromatic rings. The summed E-state index contributed by atoms with van der Waals surface area (Å²) in [5, 5.41) is 6.99. The van der Waals surface area contributed by atoms with E-state index in [0.717, 1.165) is 25.3 Å². The molecular formula is C22H24N4S2. The largest absolute Gasteiger partial charge is 0.354 e. The van der Waals surface area contributed by atoms with Crippen LogP contribution < -0.4 is 5.32 Å². The van der Waals surface area contributed by atoms with Gasteiger partial charge in [0.2, 0.25) is 0 Å². The molecule has 1 fully saturated rings. The molecule has 0 spiro atoms. The molecule has 0 bridgehead atoms. The molecule has 0 aliphatic carbocycles. The second-order valence-corrected chi connectivity index (χ2v) is 9.52. The summed E-state index contributed by atoms with van der Waals surface area (Å²) in [6.07, 6.45) is 1.24. The van der Waals surface area contributed by atoms with Crippen molar-refractivity contribution in [3.63, 3.8) is 0 Å². The summed E-state index contributed by atoms with van der Waals surface area (Å²) >= 11 is 3.61. The first-order valence-corrected chi connectivity index (χ1v) is 11.5. The van der Waals surface area contributed by atoms with E-state index < -0.39 is 0 Å². The van der Waals surface area contributed by atoms with Crippen LogP contribution >= 0.6 is 23.1 Å². The minimum absolute atomic E-state index is 0.963. The van der Waals surface area contributed by atoms with Gasteiger partial charge in [-0.2, -0.15) is 0 Å². The highest BCUT2D eigenvalue weighted by Crippen LogP contribution is 2.45. The highest BCUT2D eigenvalue weighted by atomic mass is 32.2. The van der Waals surface area contributed by atoms with Gasteiger partial charge in [-0.3, -0.25) is 4.90 Å². The zero-order valence-corrected chi connectivity index (χ0v) is 17.7. The standard InChI is InChI=1S/C22H24N4S2/c1-25-9-4-10-26(12-11-25)14-22-24-19(15-27-22)16-7-8-21-18(13-16)23-17-5-2-3-6-20(17)28-21/h2-3,5-8,13,15,23H,4,9-12,14H2,1H3. The average molecular weight is 409 g/mol. The Morgan fingerprint density at radius 3 is 2.86 bits per heavy atom. The third-order valence-electron chi connectivity index (χ3n) is 5.37. The average Bonchev–Trinajstić information content (AvgIpc) is 3.08. The minimum Gasteiger partial charge on any atom is -0.354 e. The van der Waals surface area contributed by atoms with Crippen molar-refractivity contribution in [2.75, 3.05) is 38.5 Å². The summed E-state index contributed by atoms with van der Waals surface area (Å²) in [7, 11) is 2.21. The number of hydrogen-bond donors (Lipinski definition) is 1. The van der Waals surface area contributed by atoms with Crippen molar-refractivity contribution in [2.45, 2.75) is 22.8 Å². The lowest BCUT2D eigenvalue weighted by Crippen LogP contribution is -2.28. The first-order chi connectivity index (χ1) is 13.7. The summed E-state index contributed by atoms with van der Waals surface area (Å²) in [5.74, 6) is 0. The van der Waals surface area contributed by atoms with E-state index in [0.29, 0.717) is 0 Å². The lowest BCUT2D eigenvalue weighted by atomic mass is 10.1. The zero-order chi connectivity index (χ0) is 18.9. The van der Waals surface area contributed by atoms with Gasteiger partial charge in [0.15, 0.2) is 0 Å². The predicted molar refractivity (Wildman–Crippen MR) is 119 cm³/mol. The molecule has 2 aromatic carbocycles. The van der Waals surface area contributed by atoms with E-state index in [1.807, 2.05) is 11.8 Å². The molecule has 0 unspecified atom stereocenters. The number of rotatable bonds is 3. The second kappa shape index (κ2) is 7.87. The van der Waals surface area contributed by atoms with Crippen LogP contribution in [0.3, 0.4) is 0 Å². The molecule has 0 radical (unpaired) electrons. The summed E-state index contributed by atoms with van der Waals surface area (Å²) in [6, 6.07) is 15.1. The summed E-state index contributed by atoms with van der Waals surface area (Å²) in [4.78, 5) is 12.5. The highest BCUT2D eigenvalue weighted by molar-refractivity contribution is 7.99. The van der Waals surface area contributed by atoms with Crippen molar-refractivity contribution in [3.8, 4) is 11.3 Å². The number of likely N-dealkylation sites (N-methyl/N-ethyl adjacent to an activating group) is 1. The fourth-order valence-corrected chi connectivity index (χ4v) is 5.58. The van der Waals surface area contributed by atoms with Crippen LogP contribution in [0.1, 0.15) is 11.4 Å². The van der Waals surface area contributed by atoms with Gasteiger partial charge in [0.05, 0.1) is 23.6 Å². The molecule has 1 aromatic heterocycles. The Kier molecular flexibility index (Phi) is 5.11. The van der Waals surface area contributed by atoms with Gasteiger partial charge >= 0.3 is 0 Å². The van der Waals surface area contributed by atoms with Crippen LogP contribution in [0, 0.1) is 0 Å². The third-order valence-corrected chi connectivity index (χ3v) is 7.36. The van der Waals surface area contributed by atoms with Gasteiger partial charge in [0.1, 0.15) is 5.01 Å². The van der Waals surface area contributed by atoms with E-state index in [1.54, 1.807) is 11.3 Å². The minimum atomic E-state index is 0.963. The number of nitrogens with zero attached hydrogens (tertiary/aromatic N) is 3. The lowest BCUT2D eigenvalue weighted by Gasteiger charge is -2.21. The third kappa shape index (κ3) is 3.82. The zero-order valence-electron chi connectivity index (χ0n) is 16.0. The van der Waals surface area contributed by atoms with Crippen LogP contribution in [0.2, 0.25) is 0 Å². The van der Waals surface area contributed by atoms with Gasteiger partial charge in [-0.15, -0.1) is 11.3 Å². The molecule has 1 N–H and O–H groups in total. The van der Waals surface area contributed by atoms with Gasteiger partial charge in [0.25, 0.3) is 0 Å². The number of aromatic nitrogens is 1. The second-order valence-electron chi connectivity index (χ2n) is 7.49. The summed E-state index contributed by atoms with van der Waals surface area (Å²) in [6.45, 7) is 5.60. The molecule has 144 valence electrons. The highest BCUT2D eigenvalue weighted by Gasteiger charge is 2.17. The Balaban J connectivity index is 1.32. The van der Waals surface area contributed by atoms with Crippen molar-refractivity contribution in [3.05, 3.63) is 52.9 Å². The van der Waals surface area contributed by atoms with Crippen LogP contribution in [0.15, 0.2) is 57.6 Å². The molecular weight excluding hydrogens is 384 g/mol. The molecule has 0 atom stereocenters. The number of hydrogen-bond acceptors (Lipinski definition) is 6. The van der Waals surface area contributed by atoms with Crippen molar-refractivity contribution in [2.24, 2.45) is 0 Å². The van der Waals surface area contributed by atoms with Gasteiger partial charge in [0, 0.05) is 33.8 Å². The van der Waals surface area contributed by atoms with Crippen LogP contribution in [0.5, 0.6) is 0 Å². The van der Waals surface area contributed by atoms with Crippen LogP contribution in [-0.2, 0) is 6.54 Å². The molecule has 4 nitrogen and oxygen atoms in total. The van der Waals surface area contributed by atoms with E-state index >= 15 is 0 Å². The maximum atomic E-state index is 4.95. The van der Waals surface area contributed by atoms with Crippen molar-refractivity contribution >= 4 is 34.5 Å². The molecule has 28 heavy (non-hydrogen) atoms. The van der Waals surface area contributed by atoms with Crippen molar-refractivity contribution in [1.82, 2.24) is 14.8 Å². The van der Waals surface area contributed by atoms with Gasteiger partial charge in [-0.05, 0) is 50.8 Å². The number of anilines is 2. The fourth-order valence-electron chi connectivity index (χ4n) is 3.76. The molecule has 0 saturated carbocycles. The first-order valence-electron chi connectivity index (χ1n) is 9.78. The predicted octanol–water partition coefficient (Wildman–Crippen LogP) is 5.16. The normalized spacial score (nSPS) is 17.5. The number of thiazole rings is 1. The van der Waals surface area contributed by atoms with E-state index in [1.165, 1.54) is 51.2 Å². The Morgan fingerprint density at radius 1 is 1.00 bits per heavy atom. The molecule has 5 rings (SSSR count). The van der Waals surface area contributed by atoms with Gasteiger partial charge in [-0.1, -0.05) is 30.0 Å². The van der Waals surface area contributed by atoms with Gasteiger partial charge < -0.3 is 10.2 Å². The maximum absolute atomic E-state index is 4.95. The van der Waals surface area contributed by atoms with E-state index in [2.05, 4.69) is 70.0 Å². The molecule has 3 heterocycles. The number of fused-ring (bicyclic) bond motifs is 2. The Labute approximate surface area is 174 Å². The maximum Gasteiger partial charge on any atom is 0.107 e. The lowest BCUT2D eigenvalue weighted by molar-refractivity contribution is 0.269. The number of nitrogens with one attached hydrogen (secondary N) is 1. The number of benzene rings is 2. The van der Waals surface area contributed by atoms with E-state index in [-0.39, 0.29) is 0 Å². The van der Waals surface area contributed by atoms with Crippen LogP contribution in [0.25, 0.3) is 11.3 Å². The molecule has 6 heteroatoms. The molecule has 0 amide bonds. The molecule has 2 aliphatic heterocycles. The first kappa shape index (κ1) is 18.2. The van der Waals surface area contributed by atoms with Crippen LogP contribution in [-0.4, -0.2) is 48.0 Å². The quantitative estimate of drug-likeness (QED) is 0.506. The SMILES string of the molecule is CN1CCCN(Cc2nc(-c3ccc4c(c3)Nc3ccccc3S4)cs2)CC1. The Bertz CT molecular complexity index is 984. The van der Waals surface area contributed by atoms with Crippen LogP contribution in [0.4, 0.5) is 11.4 Å². The van der Waals surface area contributed by atoms with E-state index in [4.69, 9.17) is 4.98 Å². The molecule has 1 saturated heterocycles. The van der Waals surface area contributed by atoms with Gasteiger partial charge in [-0.25, -0.2) is 4.98 Å². The Morgan fingerprint density at radius 2 is 1.89 bits per heavy atom. The van der Waals surface area contributed by atoms with E-state index in [9.17, 15) is 0 Å². The Hall–Kier alpha value is -1.86. The van der Waals surface area contributed by atoms with Crippen molar-refractivity contribution in [1.29, 1.82) is 0 Å². The number of para-hydroxylation sites is 1. The fraction of sp³-hybridized carbons (Fsp3) is 0.318. The summed E-state index contributed by atoms with van der Waals surface area (Å²) in [5.41, 5.74) is 4.62. The smallest absolute Gasteiger partial charge is 0.107 e. The monoisotopic (exact) mass is 408 g/mol.